The molecule has 84 valence electrons. The second kappa shape index (κ2) is 5.07. The summed E-state index contributed by atoms with van der Waals surface area (Å²) in [4.78, 5) is 11.4. The van der Waals surface area contributed by atoms with Gasteiger partial charge in [0.05, 0.1) is 5.75 Å². The van der Waals surface area contributed by atoms with Gasteiger partial charge in [-0.2, -0.15) is 12.6 Å². The van der Waals surface area contributed by atoms with Gasteiger partial charge >= 0.3 is 0 Å². The van der Waals surface area contributed by atoms with Gasteiger partial charge in [-0.15, -0.1) is 0 Å². The molecule has 0 fully saturated rings. The maximum atomic E-state index is 11.4. The fraction of sp³-hybridized carbons (Fsp3) is 0.250. The third kappa shape index (κ3) is 2.39. The standard InChI is InChI=1S/C12H12O3S/c13-10(8-16)12-7-14-6-11(15-12)9-4-2-1-3-5-9/h1-2,4,6-7,16H,3,5,8H2. The Balaban J connectivity index is 2.09. The van der Waals surface area contributed by atoms with Crippen LogP contribution in [0.25, 0.3) is 0 Å². The number of rotatable bonds is 3. The summed E-state index contributed by atoms with van der Waals surface area (Å²) < 4.78 is 10.6. The molecule has 2 aliphatic rings. The summed E-state index contributed by atoms with van der Waals surface area (Å²) in [6, 6.07) is 0. The summed E-state index contributed by atoms with van der Waals surface area (Å²) in [6.45, 7) is 0. The highest BCUT2D eigenvalue weighted by Gasteiger charge is 2.19. The molecule has 0 atom stereocenters. The molecule has 0 aromatic rings. The number of hydrogen-bond acceptors (Lipinski definition) is 4. The first-order valence-electron chi connectivity index (χ1n) is 5.05. The van der Waals surface area contributed by atoms with Crippen LogP contribution >= 0.6 is 12.6 Å². The monoisotopic (exact) mass is 236 g/mol. The van der Waals surface area contributed by atoms with Crippen LogP contribution in [0.5, 0.6) is 0 Å². The first-order chi connectivity index (χ1) is 7.81. The Hall–Kier alpha value is -1.42. The molecule has 0 radical (unpaired) electrons. The third-order valence-corrected chi connectivity index (χ3v) is 2.61. The lowest BCUT2D eigenvalue weighted by molar-refractivity contribution is -0.116. The summed E-state index contributed by atoms with van der Waals surface area (Å²) in [6.07, 6.45) is 10.7. The molecule has 0 N–H and O–H groups in total. The van der Waals surface area contributed by atoms with Crippen LogP contribution in [0.1, 0.15) is 12.8 Å². The van der Waals surface area contributed by atoms with Crippen LogP contribution in [-0.2, 0) is 14.3 Å². The smallest absolute Gasteiger partial charge is 0.210 e. The van der Waals surface area contributed by atoms with E-state index in [0.717, 1.165) is 18.4 Å². The van der Waals surface area contributed by atoms with Gasteiger partial charge in [0, 0.05) is 0 Å². The van der Waals surface area contributed by atoms with Crippen LogP contribution in [-0.4, -0.2) is 11.5 Å². The van der Waals surface area contributed by atoms with E-state index >= 15 is 0 Å². The Morgan fingerprint density at radius 2 is 2.31 bits per heavy atom. The number of allylic oxidation sites excluding steroid dienone is 5. The predicted molar refractivity (Wildman–Crippen MR) is 63.7 cm³/mol. The van der Waals surface area contributed by atoms with Crippen molar-refractivity contribution in [3.63, 3.8) is 0 Å². The minimum absolute atomic E-state index is 0.113. The number of thiol groups is 1. The summed E-state index contributed by atoms with van der Waals surface area (Å²) in [5.74, 6) is 0.752. The van der Waals surface area contributed by atoms with Crippen molar-refractivity contribution in [2.45, 2.75) is 12.8 Å². The van der Waals surface area contributed by atoms with Gasteiger partial charge in [-0.25, -0.2) is 0 Å². The Labute approximate surface area is 99.5 Å². The number of carbonyl (C=O) groups is 1. The summed E-state index contributed by atoms with van der Waals surface area (Å²) in [7, 11) is 0. The van der Waals surface area contributed by atoms with Gasteiger partial charge in [-0.3, -0.25) is 4.79 Å². The zero-order chi connectivity index (χ0) is 11.4. The molecular formula is C12H12O3S. The van der Waals surface area contributed by atoms with Gasteiger partial charge < -0.3 is 9.47 Å². The Morgan fingerprint density at radius 3 is 3.00 bits per heavy atom. The van der Waals surface area contributed by atoms with Crippen LogP contribution in [0.2, 0.25) is 0 Å². The molecule has 4 heteroatoms. The van der Waals surface area contributed by atoms with E-state index in [1.54, 1.807) is 0 Å². The molecule has 0 unspecified atom stereocenters. The molecule has 0 spiro atoms. The van der Waals surface area contributed by atoms with Gasteiger partial charge in [-0.05, 0) is 18.4 Å². The van der Waals surface area contributed by atoms with Crippen molar-refractivity contribution in [2.24, 2.45) is 0 Å². The zero-order valence-corrected chi connectivity index (χ0v) is 9.57. The normalized spacial score (nSPS) is 18.9. The first kappa shape index (κ1) is 11.1. The minimum Gasteiger partial charge on any atom is -0.465 e. The molecule has 0 aromatic carbocycles. The Morgan fingerprint density at radius 1 is 1.44 bits per heavy atom. The van der Waals surface area contributed by atoms with E-state index in [1.165, 1.54) is 12.5 Å². The number of ketones is 1. The molecule has 0 aromatic heterocycles. The second-order valence-electron chi connectivity index (χ2n) is 3.44. The Bertz CT molecular complexity index is 416. The molecule has 3 nitrogen and oxygen atoms in total. The molecule has 0 saturated heterocycles. The fourth-order valence-corrected chi connectivity index (χ4v) is 1.63. The van der Waals surface area contributed by atoms with E-state index in [0.29, 0.717) is 5.76 Å². The van der Waals surface area contributed by atoms with Crippen LogP contribution in [0.4, 0.5) is 0 Å². The maximum Gasteiger partial charge on any atom is 0.210 e. The highest BCUT2D eigenvalue weighted by Crippen LogP contribution is 2.26. The lowest BCUT2D eigenvalue weighted by Crippen LogP contribution is -2.12. The average Bonchev–Trinajstić information content (AvgIpc) is 2.39. The average molecular weight is 236 g/mol. The molecule has 0 amide bonds. The quantitative estimate of drug-likeness (QED) is 0.765. The van der Waals surface area contributed by atoms with Crippen LogP contribution < -0.4 is 0 Å². The van der Waals surface area contributed by atoms with E-state index in [4.69, 9.17) is 9.47 Å². The SMILES string of the molecule is O=C(CS)C1=COC=C(C2=CC=CCC2)O1. The lowest BCUT2D eigenvalue weighted by Gasteiger charge is -2.18. The molecule has 0 bridgehead atoms. The van der Waals surface area contributed by atoms with E-state index in [9.17, 15) is 4.79 Å². The van der Waals surface area contributed by atoms with Crippen molar-refractivity contribution < 1.29 is 14.3 Å². The molecule has 2 rings (SSSR count). The number of ether oxygens (including phenoxy) is 2. The Kier molecular flexibility index (Phi) is 3.51. The highest BCUT2D eigenvalue weighted by molar-refractivity contribution is 7.81. The predicted octanol–water partition coefficient (Wildman–Crippen LogP) is 2.49. The summed E-state index contributed by atoms with van der Waals surface area (Å²) >= 11 is 3.91. The lowest BCUT2D eigenvalue weighted by atomic mass is 10.0. The van der Waals surface area contributed by atoms with Crippen molar-refractivity contribution in [2.75, 3.05) is 5.75 Å². The van der Waals surface area contributed by atoms with Gasteiger partial charge in [0.2, 0.25) is 11.5 Å². The topological polar surface area (TPSA) is 35.5 Å². The van der Waals surface area contributed by atoms with Crippen molar-refractivity contribution in [1.29, 1.82) is 0 Å². The van der Waals surface area contributed by atoms with E-state index in [-0.39, 0.29) is 17.3 Å². The highest BCUT2D eigenvalue weighted by atomic mass is 32.1. The van der Waals surface area contributed by atoms with Gasteiger partial charge in [0.25, 0.3) is 0 Å². The van der Waals surface area contributed by atoms with Crippen LogP contribution in [0.3, 0.4) is 0 Å². The van der Waals surface area contributed by atoms with Crippen molar-refractivity contribution >= 4 is 18.4 Å². The minimum atomic E-state index is -0.180. The third-order valence-electron chi connectivity index (χ3n) is 2.32. The molecule has 1 aliphatic carbocycles. The maximum absolute atomic E-state index is 11.4. The summed E-state index contributed by atoms with van der Waals surface area (Å²) in [5, 5.41) is 0. The van der Waals surface area contributed by atoms with Crippen molar-refractivity contribution in [1.82, 2.24) is 0 Å². The number of Topliss-reactive ketones (excluding diaryl/α,β-unsaturated/α-hetero) is 1. The molecular weight excluding hydrogens is 224 g/mol. The molecule has 1 heterocycles. The van der Waals surface area contributed by atoms with Crippen LogP contribution in [0, 0.1) is 0 Å². The van der Waals surface area contributed by atoms with Crippen molar-refractivity contribution in [3.8, 4) is 0 Å². The van der Waals surface area contributed by atoms with Crippen molar-refractivity contribution in [3.05, 3.63) is 47.8 Å². The second-order valence-corrected chi connectivity index (χ2v) is 3.76. The van der Waals surface area contributed by atoms with E-state index < -0.39 is 0 Å². The van der Waals surface area contributed by atoms with E-state index in [1.807, 2.05) is 12.2 Å². The van der Waals surface area contributed by atoms with Gasteiger partial charge in [0.15, 0.2) is 5.76 Å². The first-order valence-corrected chi connectivity index (χ1v) is 5.68. The molecule has 1 aliphatic heterocycles. The van der Waals surface area contributed by atoms with E-state index in [2.05, 4.69) is 18.7 Å². The molecule has 0 saturated carbocycles. The summed E-state index contributed by atoms with van der Waals surface area (Å²) in [5.41, 5.74) is 1.04. The zero-order valence-electron chi connectivity index (χ0n) is 8.68. The van der Waals surface area contributed by atoms with Gasteiger partial charge in [-0.1, -0.05) is 18.2 Å². The largest absolute Gasteiger partial charge is 0.465 e. The fourth-order valence-electron chi connectivity index (χ4n) is 1.47. The van der Waals surface area contributed by atoms with Crippen LogP contribution in [0.15, 0.2) is 47.8 Å². The number of hydrogen-bond donors (Lipinski definition) is 1. The number of carbonyl (C=O) groups excluding carboxylic acids is 1. The molecule has 16 heavy (non-hydrogen) atoms. The van der Waals surface area contributed by atoms with Gasteiger partial charge in [0.1, 0.15) is 12.5 Å².